The van der Waals surface area contributed by atoms with Gasteiger partial charge in [0.15, 0.2) is 6.29 Å². The molecule has 5 atom stereocenters. The highest BCUT2D eigenvalue weighted by Crippen LogP contribution is 2.32. The molecule has 1 rings (SSSR count). The van der Waals surface area contributed by atoms with E-state index in [1.165, 1.54) is 25.9 Å². The Bertz CT molecular complexity index is 294. The molecule has 1 heterocycles. The predicted octanol–water partition coefficient (Wildman–Crippen LogP) is -0.664. The lowest BCUT2D eigenvalue weighted by Crippen LogP contribution is -2.69. The van der Waals surface area contributed by atoms with Gasteiger partial charge < -0.3 is 24.6 Å². The van der Waals surface area contributed by atoms with Crippen molar-refractivity contribution in [1.82, 2.24) is 4.90 Å². The van der Waals surface area contributed by atoms with Crippen molar-refractivity contribution < 1.29 is 24.5 Å². The monoisotopic (exact) mass is 247 g/mol. The van der Waals surface area contributed by atoms with Crippen molar-refractivity contribution in [3.63, 3.8) is 0 Å². The quantitative estimate of drug-likeness (QED) is 0.677. The molecule has 0 aliphatic carbocycles. The summed E-state index contributed by atoms with van der Waals surface area (Å²) < 4.78 is 10.4. The van der Waals surface area contributed by atoms with Gasteiger partial charge in [-0.15, -0.1) is 0 Å². The van der Waals surface area contributed by atoms with Crippen LogP contribution in [0.15, 0.2) is 0 Å². The summed E-state index contributed by atoms with van der Waals surface area (Å²) in [5, 5.41) is 20.4. The minimum atomic E-state index is -1.49. The van der Waals surface area contributed by atoms with Gasteiger partial charge in [0.05, 0.1) is 12.1 Å². The number of carbonyl (C=O) groups is 1. The maximum absolute atomic E-state index is 11.4. The smallest absolute Gasteiger partial charge is 0.219 e. The van der Waals surface area contributed by atoms with E-state index in [1.807, 2.05) is 0 Å². The van der Waals surface area contributed by atoms with Gasteiger partial charge in [-0.1, -0.05) is 0 Å². The Balaban J connectivity index is 3.01. The van der Waals surface area contributed by atoms with Gasteiger partial charge >= 0.3 is 0 Å². The van der Waals surface area contributed by atoms with E-state index in [0.717, 1.165) is 0 Å². The topological polar surface area (TPSA) is 79.2 Å². The number of hydrogen-bond donors (Lipinski definition) is 2. The van der Waals surface area contributed by atoms with Crippen molar-refractivity contribution in [3.05, 3.63) is 0 Å². The summed E-state index contributed by atoms with van der Waals surface area (Å²) in [5.74, 6) is -0.200. The number of aliphatic hydroxyl groups excluding tert-OH is 1. The van der Waals surface area contributed by atoms with Crippen LogP contribution in [0.3, 0.4) is 0 Å². The highest BCUT2D eigenvalue weighted by molar-refractivity contribution is 5.73. The number of methoxy groups -OCH3 is 1. The van der Waals surface area contributed by atoms with Crippen LogP contribution < -0.4 is 0 Å². The molecule has 0 aromatic rings. The van der Waals surface area contributed by atoms with Crippen molar-refractivity contribution in [1.29, 1.82) is 0 Å². The number of amides is 1. The fourth-order valence-electron chi connectivity index (χ4n) is 2.37. The first-order chi connectivity index (χ1) is 7.73. The molecule has 1 fully saturated rings. The number of nitrogens with zero attached hydrogens (tertiary/aromatic N) is 1. The van der Waals surface area contributed by atoms with E-state index in [4.69, 9.17) is 9.47 Å². The van der Waals surface area contributed by atoms with E-state index in [0.29, 0.717) is 0 Å². The van der Waals surface area contributed by atoms with Gasteiger partial charge in [-0.25, -0.2) is 0 Å². The summed E-state index contributed by atoms with van der Waals surface area (Å²) in [6, 6.07) is -0.624. The first kappa shape index (κ1) is 14.4. The SMILES string of the molecule is COC1OC(C)C(N(C)C(C)=O)C(C)(O)C1O. The Morgan fingerprint density at radius 1 is 1.53 bits per heavy atom. The minimum Gasteiger partial charge on any atom is -0.385 e. The van der Waals surface area contributed by atoms with Crippen LogP contribution in [0.5, 0.6) is 0 Å². The Morgan fingerprint density at radius 2 is 2.06 bits per heavy atom. The highest BCUT2D eigenvalue weighted by Gasteiger charge is 2.53. The molecule has 2 N–H and O–H groups in total. The number of aliphatic hydroxyl groups is 2. The first-order valence-electron chi connectivity index (χ1n) is 5.55. The first-order valence-corrected chi connectivity index (χ1v) is 5.55. The molecule has 1 saturated heterocycles. The second-order valence-corrected chi connectivity index (χ2v) is 4.69. The molecular weight excluding hydrogens is 226 g/mol. The second kappa shape index (κ2) is 4.89. The van der Waals surface area contributed by atoms with Crippen LogP contribution in [0.1, 0.15) is 20.8 Å². The maximum atomic E-state index is 11.4. The van der Waals surface area contributed by atoms with Gasteiger partial charge in [-0.3, -0.25) is 4.79 Å². The average Bonchev–Trinajstić information content (AvgIpc) is 2.22. The lowest BCUT2D eigenvalue weighted by Gasteiger charge is -2.50. The molecule has 0 saturated carbocycles. The zero-order valence-corrected chi connectivity index (χ0v) is 10.9. The third-order valence-electron chi connectivity index (χ3n) is 3.40. The molecule has 17 heavy (non-hydrogen) atoms. The number of hydrogen-bond acceptors (Lipinski definition) is 5. The van der Waals surface area contributed by atoms with Crippen LogP contribution in [0.25, 0.3) is 0 Å². The lowest BCUT2D eigenvalue weighted by atomic mass is 9.83. The zero-order valence-electron chi connectivity index (χ0n) is 10.9. The van der Waals surface area contributed by atoms with Crippen molar-refractivity contribution in [3.8, 4) is 0 Å². The van der Waals surface area contributed by atoms with Gasteiger partial charge in [-0.2, -0.15) is 0 Å². The Labute approximate surface area is 101 Å². The molecule has 1 aliphatic rings. The largest absolute Gasteiger partial charge is 0.385 e. The van der Waals surface area contributed by atoms with Crippen molar-refractivity contribution >= 4 is 5.91 Å². The van der Waals surface area contributed by atoms with Crippen LogP contribution in [0.4, 0.5) is 0 Å². The molecule has 0 bridgehead atoms. The molecule has 6 heteroatoms. The Hall–Kier alpha value is -0.690. The van der Waals surface area contributed by atoms with Gasteiger partial charge in [0.25, 0.3) is 0 Å². The van der Waals surface area contributed by atoms with E-state index in [-0.39, 0.29) is 5.91 Å². The summed E-state index contributed by atoms with van der Waals surface area (Å²) in [4.78, 5) is 12.8. The molecule has 100 valence electrons. The molecule has 0 spiro atoms. The van der Waals surface area contributed by atoms with Crippen LogP contribution in [-0.2, 0) is 14.3 Å². The molecule has 0 radical (unpaired) electrons. The number of carbonyl (C=O) groups excluding carboxylic acids is 1. The summed E-state index contributed by atoms with van der Waals surface area (Å²) in [5.41, 5.74) is -1.49. The second-order valence-electron chi connectivity index (χ2n) is 4.69. The number of rotatable bonds is 2. The van der Waals surface area contributed by atoms with Gasteiger partial charge in [-0.05, 0) is 13.8 Å². The average molecular weight is 247 g/mol. The lowest BCUT2D eigenvalue weighted by molar-refractivity contribution is -0.301. The summed E-state index contributed by atoms with van der Waals surface area (Å²) in [6.07, 6.45) is -2.54. The van der Waals surface area contributed by atoms with Crippen LogP contribution in [0.2, 0.25) is 0 Å². The number of likely N-dealkylation sites (N-methyl/N-ethyl adjacent to an activating group) is 1. The van der Waals surface area contributed by atoms with Crippen LogP contribution in [0, 0.1) is 0 Å². The highest BCUT2D eigenvalue weighted by atomic mass is 16.7. The third-order valence-corrected chi connectivity index (χ3v) is 3.40. The molecule has 1 aliphatic heterocycles. The number of ether oxygens (including phenoxy) is 2. The van der Waals surface area contributed by atoms with Gasteiger partial charge in [0, 0.05) is 21.1 Å². The maximum Gasteiger partial charge on any atom is 0.219 e. The minimum absolute atomic E-state index is 0.200. The van der Waals surface area contributed by atoms with Crippen molar-refractivity contribution in [2.24, 2.45) is 0 Å². The fourth-order valence-corrected chi connectivity index (χ4v) is 2.37. The van der Waals surface area contributed by atoms with Crippen LogP contribution >= 0.6 is 0 Å². The molecule has 0 aromatic carbocycles. The van der Waals surface area contributed by atoms with Gasteiger partial charge in [0.1, 0.15) is 11.7 Å². The van der Waals surface area contributed by atoms with Crippen molar-refractivity contribution in [2.45, 2.75) is 50.9 Å². The normalized spacial score (nSPS) is 42.3. The fraction of sp³-hybridized carbons (Fsp3) is 0.909. The molecule has 6 nitrogen and oxygen atoms in total. The van der Waals surface area contributed by atoms with E-state index < -0.39 is 30.1 Å². The van der Waals surface area contributed by atoms with Gasteiger partial charge in [0.2, 0.25) is 5.91 Å². The third kappa shape index (κ3) is 2.44. The molecule has 0 aromatic heterocycles. The van der Waals surface area contributed by atoms with E-state index >= 15 is 0 Å². The van der Waals surface area contributed by atoms with E-state index in [1.54, 1.807) is 14.0 Å². The standard InChI is InChI=1S/C11H21NO5/c1-6-8(12(4)7(2)13)11(3,15)9(14)10(16-5)17-6/h6,8-10,14-15H,1-5H3. The molecule has 1 amide bonds. The zero-order chi connectivity index (χ0) is 13.4. The predicted molar refractivity (Wildman–Crippen MR) is 60.2 cm³/mol. The molecule has 5 unspecified atom stereocenters. The summed E-state index contributed by atoms with van der Waals surface area (Å²) >= 11 is 0. The summed E-state index contributed by atoms with van der Waals surface area (Å²) in [7, 11) is 2.97. The van der Waals surface area contributed by atoms with Crippen molar-refractivity contribution in [2.75, 3.05) is 14.2 Å². The Kier molecular flexibility index (Phi) is 4.14. The van der Waals surface area contributed by atoms with E-state index in [9.17, 15) is 15.0 Å². The molecular formula is C11H21NO5. The van der Waals surface area contributed by atoms with Crippen LogP contribution in [-0.4, -0.2) is 65.3 Å². The Morgan fingerprint density at radius 3 is 2.47 bits per heavy atom. The van der Waals surface area contributed by atoms with E-state index in [2.05, 4.69) is 0 Å². The summed E-state index contributed by atoms with van der Waals surface area (Å²) in [6.45, 7) is 4.61.